The Hall–Kier alpha value is -2.61. The summed E-state index contributed by atoms with van der Waals surface area (Å²) in [6, 6.07) is 9.30. The molecule has 0 bridgehead atoms. The molecule has 0 N–H and O–H groups in total. The Morgan fingerprint density at radius 1 is 1.21 bits per heavy atom. The zero-order chi connectivity index (χ0) is 13.7. The first-order valence-corrected chi connectivity index (χ1v) is 5.67. The highest BCUT2D eigenvalue weighted by molar-refractivity contribution is 5.48. The van der Waals surface area contributed by atoms with E-state index in [0.29, 0.717) is 17.2 Å². The van der Waals surface area contributed by atoms with Gasteiger partial charge in [0.2, 0.25) is 0 Å². The Bertz CT molecular complexity index is 593. The van der Waals surface area contributed by atoms with Crippen molar-refractivity contribution >= 4 is 0 Å². The van der Waals surface area contributed by atoms with Crippen LogP contribution in [0.1, 0.15) is 17.2 Å². The lowest BCUT2D eigenvalue weighted by atomic mass is 9.95. The largest absolute Gasteiger partial charge is 0.497 e. The zero-order valence-corrected chi connectivity index (χ0v) is 10.7. The molecule has 0 amide bonds. The summed E-state index contributed by atoms with van der Waals surface area (Å²) in [4.78, 5) is 7.98. The van der Waals surface area contributed by atoms with Gasteiger partial charge in [-0.3, -0.25) is 0 Å². The lowest BCUT2D eigenvalue weighted by molar-refractivity contribution is 0.398. The maximum absolute atomic E-state index is 9.41. The van der Waals surface area contributed by atoms with E-state index in [4.69, 9.17) is 9.47 Å². The molecule has 0 saturated carbocycles. The van der Waals surface area contributed by atoms with Crippen molar-refractivity contribution in [3.8, 4) is 17.6 Å². The third-order valence-electron chi connectivity index (χ3n) is 2.78. The molecule has 1 unspecified atom stereocenters. The van der Waals surface area contributed by atoms with Crippen LogP contribution in [-0.4, -0.2) is 24.2 Å². The molecule has 0 spiro atoms. The number of rotatable bonds is 4. The van der Waals surface area contributed by atoms with Crippen molar-refractivity contribution in [2.75, 3.05) is 14.2 Å². The normalized spacial score (nSPS) is 11.4. The molecular formula is C14H13N3O2. The van der Waals surface area contributed by atoms with Gasteiger partial charge in [0.25, 0.3) is 0 Å². The summed E-state index contributed by atoms with van der Waals surface area (Å²) >= 11 is 0. The molecule has 1 aromatic heterocycles. The van der Waals surface area contributed by atoms with Crippen LogP contribution >= 0.6 is 0 Å². The van der Waals surface area contributed by atoms with Gasteiger partial charge >= 0.3 is 0 Å². The molecule has 19 heavy (non-hydrogen) atoms. The third-order valence-corrected chi connectivity index (χ3v) is 2.78. The van der Waals surface area contributed by atoms with Gasteiger partial charge in [0, 0.05) is 11.8 Å². The van der Waals surface area contributed by atoms with Gasteiger partial charge in [-0.05, 0) is 24.3 Å². The number of hydrogen-bond donors (Lipinski definition) is 0. The molecule has 0 saturated heterocycles. The summed E-state index contributed by atoms with van der Waals surface area (Å²) in [7, 11) is 3.15. The van der Waals surface area contributed by atoms with Gasteiger partial charge < -0.3 is 9.47 Å². The van der Waals surface area contributed by atoms with Crippen molar-refractivity contribution in [3.63, 3.8) is 0 Å². The van der Waals surface area contributed by atoms with Gasteiger partial charge in [-0.25, -0.2) is 9.97 Å². The van der Waals surface area contributed by atoms with E-state index in [9.17, 15) is 5.26 Å². The number of methoxy groups -OCH3 is 2. The van der Waals surface area contributed by atoms with Crippen LogP contribution in [0.15, 0.2) is 36.8 Å². The SMILES string of the molecule is COc1ccc(OC)c(C(C#N)c2ccncn2)c1. The first-order valence-electron chi connectivity index (χ1n) is 5.67. The smallest absolute Gasteiger partial charge is 0.124 e. The predicted octanol–water partition coefficient (Wildman–Crippen LogP) is 2.15. The first-order chi connectivity index (χ1) is 9.30. The van der Waals surface area contributed by atoms with Crippen molar-refractivity contribution in [1.82, 2.24) is 9.97 Å². The van der Waals surface area contributed by atoms with Gasteiger partial charge in [0.05, 0.1) is 26.0 Å². The topological polar surface area (TPSA) is 68.0 Å². The lowest BCUT2D eigenvalue weighted by Gasteiger charge is -2.14. The highest BCUT2D eigenvalue weighted by Crippen LogP contribution is 2.33. The molecule has 1 heterocycles. The number of hydrogen-bond acceptors (Lipinski definition) is 5. The van der Waals surface area contributed by atoms with Crippen LogP contribution in [0.2, 0.25) is 0 Å². The molecule has 0 aliphatic carbocycles. The Morgan fingerprint density at radius 3 is 2.63 bits per heavy atom. The molecule has 2 rings (SSSR count). The molecule has 96 valence electrons. The number of nitriles is 1. The average molecular weight is 255 g/mol. The standard InChI is InChI=1S/C14H13N3O2/c1-18-10-3-4-14(19-2)11(7-10)12(8-15)13-5-6-16-9-17-13/h3-7,9,12H,1-2H3. The van der Waals surface area contributed by atoms with Crippen molar-refractivity contribution in [1.29, 1.82) is 5.26 Å². The van der Waals surface area contributed by atoms with Gasteiger partial charge in [0.1, 0.15) is 23.7 Å². The van der Waals surface area contributed by atoms with Crippen LogP contribution < -0.4 is 9.47 Å². The van der Waals surface area contributed by atoms with Crippen LogP contribution in [0.3, 0.4) is 0 Å². The van der Waals surface area contributed by atoms with Crippen LogP contribution in [0.25, 0.3) is 0 Å². The van der Waals surface area contributed by atoms with Gasteiger partial charge in [-0.15, -0.1) is 0 Å². The predicted molar refractivity (Wildman–Crippen MR) is 69.0 cm³/mol. The lowest BCUT2D eigenvalue weighted by Crippen LogP contribution is -2.04. The van der Waals surface area contributed by atoms with Crippen molar-refractivity contribution in [2.45, 2.75) is 5.92 Å². The molecule has 0 radical (unpaired) electrons. The van der Waals surface area contributed by atoms with Crippen LogP contribution in [0.5, 0.6) is 11.5 Å². The average Bonchev–Trinajstić information content (AvgIpc) is 2.49. The van der Waals surface area contributed by atoms with E-state index >= 15 is 0 Å². The van der Waals surface area contributed by atoms with E-state index in [1.165, 1.54) is 6.33 Å². The minimum atomic E-state index is -0.520. The molecule has 1 atom stereocenters. The fraction of sp³-hybridized carbons (Fsp3) is 0.214. The summed E-state index contributed by atoms with van der Waals surface area (Å²) < 4.78 is 10.5. The number of aromatic nitrogens is 2. The number of benzene rings is 1. The van der Waals surface area contributed by atoms with E-state index in [1.54, 1.807) is 44.7 Å². The highest BCUT2D eigenvalue weighted by atomic mass is 16.5. The molecule has 5 nitrogen and oxygen atoms in total. The minimum Gasteiger partial charge on any atom is -0.497 e. The van der Waals surface area contributed by atoms with E-state index in [0.717, 1.165) is 5.56 Å². The fourth-order valence-electron chi connectivity index (χ4n) is 1.83. The summed E-state index contributed by atoms with van der Waals surface area (Å²) in [5, 5.41) is 9.41. The second kappa shape index (κ2) is 5.83. The van der Waals surface area contributed by atoms with E-state index < -0.39 is 5.92 Å². The van der Waals surface area contributed by atoms with Gasteiger partial charge in [-0.2, -0.15) is 5.26 Å². The summed E-state index contributed by atoms with van der Waals surface area (Å²) in [5.74, 6) is 0.782. The zero-order valence-electron chi connectivity index (χ0n) is 10.7. The maximum Gasteiger partial charge on any atom is 0.124 e. The Balaban J connectivity index is 2.52. The Kier molecular flexibility index (Phi) is 3.94. The van der Waals surface area contributed by atoms with Crippen LogP contribution in [-0.2, 0) is 0 Å². The molecule has 0 aliphatic rings. The van der Waals surface area contributed by atoms with Crippen molar-refractivity contribution < 1.29 is 9.47 Å². The number of nitrogens with zero attached hydrogens (tertiary/aromatic N) is 3. The summed E-state index contributed by atoms with van der Waals surface area (Å²) in [5.41, 5.74) is 1.35. The molecular weight excluding hydrogens is 242 g/mol. The Morgan fingerprint density at radius 2 is 2.05 bits per heavy atom. The summed E-state index contributed by atoms with van der Waals surface area (Å²) in [6.45, 7) is 0. The van der Waals surface area contributed by atoms with Crippen LogP contribution in [0, 0.1) is 11.3 Å². The quantitative estimate of drug-likeness (QED) is 0.837. The fourth-order valence-corrected chi connectivity index (χ4v) is 1.83. The van der Waals surface area contributed by atoms with Crippen LogP contribution in [0.4, 0.5) is 0 Å². The van der Waals surface area contributed by atoms with Gasteiger partial charge in [0.15, 0.2) is 0 Å². The molecule has 5 heteroatoms. The van der Waals surface area contributed by atoms with E-state index in [2.05, 4.69) is 16.0 Å². The second-order valence-electron chi connectivity index (χ2n) is 3.80. The van der Waals surface area contributed by atoms with Crippen molar-refractivity contribution in [2.24, 2.45) is 0 Å². The number of ether oxygens (including phenoxy) is 2. The molecule has 0 aliphatic heterocycles. The molecule has 1 aromatic carbocycles. The Labute approximate surface area is 111 Å². The second-order valence-corrected chi connectivity index (χ2v) is 3.80. The summed E-state index contributed by atoms with van der Waals surface area (Å²) in [6.07, 6.45) is 3.03. The van der Waals surface area contributed by atoms with Crippen molar-refractivity contribution in [3.05, 3.63) is 48.0 Å². The monoisotopic (exact) mass is 255 g/mol. The first kappa shape index (κ1) is 12.8. The maximum atomic E-state index is 9.41. The molecule has 0 fully saturated rings. The van der Waals surface area contributed by atoms with E-state index in [1.807, 2.05) is 0 Å². The minimum absolute atomic E-state index is 0.520. The highest BCUT2D eigenvalue weighted by Gasteiger charge is 2.20. The molecule has 2 aromatic rings. The van der Waals surface area contributed by atoms with Gasteiger partial charge in [-0.1, -0.05) is 0 Å². The van der Waals surface area contributed by atoms with E-state index in [-0.39, 0.29) is 0 Å². The third kappa shape index (κ3) is 2.63.